The van der Waals surface area contributed by atoms with Crippen LogP contribution < -0.4 is 4.90 Å². The summed E-state index contributed by atoms with van der Waals surface area (Å²) in [6, 6.07) is 18.2. The maximum atomic E-state index is 11.2. The second-order valence-corrected chi connectivity index (χ2v) is 6.55. The van der Waals surface area contributed by atoms with Crippen LogP contribution in [0.4, 0.5) is 10.6 Å². The third kappa shape index (κ3) is 2.83. The number of amides is 1. The van der Waals surface area contributed by atoms with Crippen LogP contribution in [-0.2, 0) is 0 Å². The monoisotopic (exact) mass is 348 g/mol. The summed E-state index contributed by atoms with van der Waals surface area (Å²) in [5.41, 5.74) is 1.90. The zero-order valence-corrected chi connectivity index (χ0v) is 14.5. The number of anilines is 1. The summed E-state index contributed by atoms with van der Waals surface area (Å²) >= 11 is 0. The lowest BCUT2D eigenvalue weighted by Gasteiger charge is -2.39. The van der Waals surface area contributed by atoms with E-state index in [2.05, 4.69) is 27.2 Å². The molecule has 2 aromatic carbocycles. The molecule has 1 N–H and O–H groups in total. The van der Waals surface area contributed by atoms with Gasteiger partial charge in [-0.1, -0.05) is 54.6 Å². The third-order valence-corrected chi connectivity index (χ3v) is 4.89. The van der Waals surface area contributed by atoms with E-state index >= 15 is 0 Å². The average molecular weight is 348 g/mol. The molecule has 1 aliphatic heterocycles. The highest BCUT2D eigenvalue weighted by molar-refractivity contribution is 6.00. The molecule has 0 radical (unpaired) electrons. The zero-order valence-electron chi connectivity index (χ0n) is 14.5. The Morgan fingerprint density at radius 3 is 2.38 bits per heavy atom. The maximum Gasteiger partial charge on any atom is 0.407 e. The van der Waals surface area contributed by atoms with E-state index in [0.29, 0.717) is 19.6 Å². The van der Waals surface area contributed by atoms with Crippen molar-refractivity contribution in [1.29, 1.82) is 0 Å². The second-order valence-electron chi connectivity index (χ2n) is 6.55. The fraction of sp³-hybridized carbons (Fsp3) is 0.250. The van der Waals surface area contributed by atoms with Gasteiger partial charge in [0.15, 0.2) is 5.82 Å². The number of carbonyl (C=O) groups is 1. The fourth-order valence-corrected chi connectivity index (χ4v) is 3.56. The minimum atomic E-state index is -0.869. The number of hydrogen-bond acceptors (Lipinski definition) is 4. The van der Waals surface area contributed by atoms with Crippen LogP contribution in [0.1, 0.15) is 6.92 Å². The number of nitrogens with zero attached hydrogens (tertiary/aromatic N) is 4. The smallest absolute Gasteiger partial charge is 0.407 e. The molecule has 0 saturated carbocycles. The van der Waals surface area contributed by atoms with E-state index in [0.717, 1.165) is 27.8 Å². The summed E-state index contributed by atoms with van der Waals surface area (Å²) in [7, 11) is 0. The van der Waals surface area contributed by atoms with Crippen LogP contribution in [0.3, 0.4) is 0 Å². The minimum absolute atomic E-state index is 0.0418. The molecule has 4 rings (SSSR count). The molecule has 26 heavy (non-hydrogen) atoms. The van der Waals surface area contributed by atoms with Gasteiger partial charge in [-0.2, -0.15) is 0 Å². The van der Waals surface area contributed by atoms with Crippen molar-refractivity contribution in [3.8, 4) is 11.3 Å². The van der Waals surface area contributed by atoms with Crippen LogP contribution in [0.15, 0.2) is 54.6 Å². The van der Waals surface area contributed by atoms with Gasteiger partial charge in [0.1, 0.15) is 5.69 Å². The number of aromatic nitrogens is 2. The van der Waals surface area contributed by atoms with E-state index in [1.165, 1.54) is 4.90 Å². The van der Waals surface area contributed by atoms with E-state index in [1.54, 1.807) is 0 Å². The topological polar surface area (TPSA) is 69.6 Å². The van der Waals surface area contributed by atoms with Crippen molar-refractivity contribution in [3.05, 3.63) is 54.6 Å². The van der Waals surface area contributed by atoms with Crippen LogP contribution in [0, 0.1) is 0 Å². The molecular formula is C20H20N4O2. The Morgan fingerprint density at radius 1 is 1.00 bits per heavy atom. The summed E-state index contributed by atoms with van der Waals surface area (Å²) < 4.78 is 0. The van der Waals surface area contributed by atoms with Crippen LogP contribution in [0.5, 0.6) is 0 Å². The normalized spacial score (nSPS) is 17.5. The molecule has 0 bridgehead atoms. The Morgan fingerprint density at radius 2 is 1.69 bits per heavy atom. The molecule has 1 aliphatic rings. The lowest BCUT2D eigenvalue weighted by molar-refractivity contribution is 0.136. The van der Waals surface area contributed by atoms with Gasteiger partial charge in [0.05, 0.1) is 0 Å². The molecule has 6 heteroatoms. The SMILES string of the molecule is CC1CN(C(=O)O)CCN1c1nnc(-c2ccccc2)c2ccccc12. The number of piperazine rings is 1. The van der Waals surface area contributed by atoms with Crippen molar-refractivity contribution in [2.75, 3.05) is 24.5 Å². The molecule has 132 valence electrons. The Hall–Kier alpha value is -3.15. The Bertz CT molecular complexity index is 945. The number of carboxylic acid groups (broad SMARTS) is 1. The van der Waals surface area contributed by atoms with Crippen molar-refractivity contribution in [1.82, 2.24) is 15.1 Å². The number of fused-ring (bicyclic) bond motifs is 1. The first-order valence-corrected chi connectivity index (χ1v) is 8.70. The summed E-state index contributed by atoms with van der Waals surface area (Å²) in [5, 5.41) is 20.4. The number of hydrogen-bond donors (Lipinski definition) is 1. The number of rotatable bonds is 2. The lowest BCUT2D eigenvalue weighted by atomic mass is 10.0. The molecule has 1 aromatic heterocycles. The predicted molar refractivity (Wildman–Crippen MR) is 101 cm³/mol. The van der Waals surface area contributed by atoms with Gasteiger partial charge in [0, 0.05) is 42.0 Å². The summed E-state index contributed by atoms with van der Waals surface area (Å²) in [4.78, 5) is 14.8. The van der Waals surface area contributed by atoms with E-state index < -0.39 is 6.09 Å². The minimum Gasteiger partial charge on any atom is -0.465 e. The van der Waals surface area contributed by atoms with Crippen molar-refractivity contribution in [2.24, 2.45) is 0 Å². The maximum absolute atomic E-state index is 11.2. The number of benzene rings is 2. The standard InChI is InChI=1S/C20H20N4O2/c1-14-13-23(20(25)26)11-12-24(14)19-17-10-6-5-9-16(17)18(21-22-19)15-7-3-2-4-8-15/h2-10,14H,11-13H2,1H3,(H,25,26). The molecule has 1 atom stereocenters. The molecule has 1 fully saturated rings. The van der Waals surface area contributed by atoms with E-state index in [1.807, 2.05) is 49.4 Å². The zero-order chi connectivity index (χ0) is 18.1. The van der Waals surface area contributed by atoms with Crippen LogP contribution in [-0.4, -0.2) is 52.0 Å². The van der Waals surface area contributed by atoms with Crippen molar-refractivity contribution < 1.29 is 9.90 Å². The highest BCUT2D eigenvalue weighted by Gasteiger charge is 2.28. The van der Waals surface area contributed by atoms with Gasteiger partial charge in [-0.3, -0.25) is 0 Å². The van der Waals surface area contributed by atoms with Gasteiger partial charge in [-0.05, 0) is 6.92 Å². The van der Waals surface area contributed by atoms with Gasteiger partial charge in [-0.25, -0.2) is 4.79 Å². The lowest BCUT2D eigenvalue weighted by Crippen LogP contribution is -2.53. The summed E-state index contributed by atoms with van der Waals surface area (Å²) in [6.45, 7) is 3.56. The van der Waals surface area contributed by atoms with Gasteiger partial charge in [0.2, 0.25) is 0 Å². The largest absolute Gasteiger partial charge is 0.465 e. The Labute approximate surface area is 151 Å². The summed E-state index contributed by atoms with van der Waals surface area (Å²) in [5.74, 6) is 0.817. The molecule has 1 unspecified atom stereocenters. The van der Waals surface area contributed by atoms with Crippen LogP contribution in [0.2, 0.25) is 0 Å². The molecule has 1 saturated heterocycles. The first-order chi connectivity index (χ1) is 12.6. The first-order valence-electron chi connectivity index (χ1n) is 8.70. The summed E-state index contributed by atoms with van der Waals surface area (Å²) in [6.07, 6.45) is -0.869. The molecular weight excluding hydrogens is 328 g/mol. The molecule has 3 aromatic rings. The predicted octanol–water partition coefficient (Wildman–Crippen LogP) is 3.49. The average Bonchev–Trinajstić information content (AvgIpc) is 2.68. The molecule has 2 heterocycles. The fourth-order valence-electron chi connectivity index (χ4n) is 3.56. The third-order valence-electron chi connectivity index (χ3n) is 4.89. The molecule has 0 spiro atoms. The Kier molecular flexibility index (Phi) is 4.16. The van der Waals surface area contributed by atoms with Crippen molar-refractivity contribution in [3.63, 3.8) is 0 Å². The quantitative estimate of drug-likeness (QED) is 0.768. The van der Waals surface area contributed by atoms with Crippen molar-refractivity contribution in [2.45, 2.75) is 13.0 Å². The first kappa shape index (κ1) is 16.3. The van der Waals surface area contributed by atoms with Gasteiger partial charge < -0.3 is 14.9 Å². The van der Waals surface area contributed by atoms with Crippen LogP contribution in [0.25, 0.3) is 22.0 Å². The van der Waals surface area contributed by atoms with Crippen molar-refractivity contribution >= 4 is 22.7 Å². The Balaban J connectivity index is 1.77. The van der Waals surface area contributed by atoms with Crippen LogP contribution >= 0.6 is 0 Å². The van der Waals surface area contributed by atoms with Gasteiger partial charge in [-0.15, -0.1) is 10.2 Å². The second kappa shape index (κ2) is 6.63. The van der Waals surface area contributed by atoms with Gasteiger partial charge in [0.25, 0.3) is 0 Å². The van der Waals surface area contributed by atoms with E-state index in [-0.39, 0.29) is 6.04 Å². The van der Waals surface area contributed by atoms with Gasteiger partial charge >= 0.3 is 6.09 Å². The highest BCUT2D eigenvalue weighted by atomic mass is 16.4. The molecule has 0 aliphatic carbocycles. The van der Waals surface area contributed by atoms with E-state index in [9.17, 15) is 9.90 Å². The molecule has 6 nitrogen and oxygen atoms in total. The molecule has 1 amide bonds. The highest BCUT2D eigenvalue weighted by Crippen LogP contribution is 2.32. The van der Waals surface area contributed by atoms with E-state index in [4.69, 9.17) is 0 Å².